The Labute approximate surface area is 207 Å². The van der Waals surface area contributed by atoms with E-state index in [-0.39, 0.29) is 29.8 Å². The third-order valence-corrected chi connectivity index (χ3v) is 7.99. The lowest BCUT2D eigenvalue weighted by Gasteiger charge is -2.34. The molecule has 1 aliphatic rings. The van der Waals surface area contributed by atoms with Gasteiger partial charge in [0.25, 0.3) is 0 Å². The molecule has 1 saturated heterocycles. The average Bonchev–Trinajstić information content (AvgIpc) is 3.32. The molecule has 1 aromatic heterocycles. The van der Waals surface area contributed by atoms with Crippen molar-refractivity contribution < 1.29 is 17.7 Å². The van der Waals surface area contributed by atoms with Crippen molar-refractivity contribution in [2.24, 2.45) is 11.8 Å². The molecule has 0 bridgehead atoms. The van der Waals surface area contributed by atoms with Crippen LogP contribution in [0.4, 0.5) is 0 Å². The van der Waals surface area contributed by atoms with Crippen molar-refractivity contribution in [3.05, 3.63) is 66.1 Å². The number of hydrogen-bond donors (Lipinski definition) is 0. The molecule has 0 radical (unpaired) electrons. The molecule has 9 heteroatoms. The minimum atomic E-state index is -3.66. The standard InChI is InChI=1S/C26H32N4O4S/c1-19(2)16-29(18-24-27-25(28-34-24)21-8-5-4-6-9-21)26(31)22-10-7-15-30(17-22)35(32,33)23-13-11-20(3)12-14-23/h4-6,8-9,11-14,19,22H,7,10,15-18H2,1-3H3. The molecular formula is C26H32N4O4S. The second kappa shape index (κ2) is 10.7. The molecule has 1 aliphatic heterocycles. The molecule has 1 amide bonds. The van der Waals surface area contributed by atoms with E-state index in [9.17, 15) is 13.2 Å². The van der Waals surface area contributed by atoms with Crippen LogP contribution < -0.4 is 0 Å². The number of sulfonamides is 1. The van der Waals surface area contributed by atoms with Crippen LogP contribution in [-0.2, 0) is 21.4 Å². The summed E-state index contributed by atoms with van der Waals surface area (Å²) < 4.78 is 33.3. The Balaban J connectivity index is 1.49. The highest BCUT2D eigenvalue weighted by Gasteiger charge is 2.35. The summed E-state index contributed by atoms with van der Waals surface area (Å²) in [6.45, 7) is 7.29. The Hall–Kier alpha value is -3.04. The number of benzene rings is 2. The van der Waals surface area contributed by atoms with E-state index in [0.717, 1.165) is 11.1 Å². The monoisotopic (exact) mass is 496 g/mol. The number of hydrogen-bond acceptors (Lipinski definition) is 6. The maximum Gasteiger partial charge on any atom is 0.246 e. The minimum absolute atomic E-state index is 0.0815. The number of rotatable bonds is 8. The molecule has 3 aromatic rings. The highest BCUT2D eigenvalue weighted by molar-refractivity contribution is 7.89. The molecule has 0 spiro atoms. The minimum Gasteiger partial charge on any atom is -0.337 e. The molecule has 1 unspecified atom stereocenters. The predicted molar refractivity (Wildman–Crippen MR) is 133 cm³/mol. The van der Waals surface area contributed by atoms with Crippen molar-refractivity contribution in [2.75, 3.05) is 19.6 Å². The van der Waals surface area contributed by atoms with Crippen LogP contribution in [0.1, 0.15) is 38.1 Å². The first-order valence-electron chi connectivity index (χ1n) is 12.0. The summed E-state index contributed by atoms with van der Waals surface area (Å²) in [5.41, 5.74) is 1.84. The Bertz CT molecular complexity index is 1240. The lowest BCUT2D eigenvalue weighted by atomic mass is 9.97. The predicted octanol–water partition coefficient (Wildman–Crippen LogP) is 4.13. The van der Waals surface area contributed by atoms with Crippen LogP contribution >= 0.6 is 0 Å². The molecule has 2 aromatic carbocycles. The Morgan fingerprint density at radius 1 is 1.14 bits per heavy atom. The third kappa shape index (κ3) is 5.97. The van der Waals surface area contributed by atoms with Crippen LogP contribution in [0.5, 0.6) is 0 Å². The van der Waals surface area contributed by atoms with Crippen LogP contribution in [0, 0.1) is 18.8 Å². The fourth-order valence-electron chi connectivity index (χ4n) is 4.34. The summed E-state index contributed by atoms with van der Waals surface area (Å²) in [6, 6.07) is 16.4. The number of piperidine rings is 1. The summed E-state index contributed by atoms with van der Waals surface area (Å²) in [4.78, 5) is 20.0. The highest BCUT2D eigenvalue weighted by Crippen LogP contribution is 2.26. The van der Waals surface area contributed by atoms with E-state index >= 15 is 0 Å². The molecule has 35 heavy (non-hydrogen) atoms. The second-order valence-electron chi connectivity index (χ2n) is 9.51. The summed E-state index contributed by atoms with van der Waals surface area (Å²) in [5, 5.41) is 4.06. The summed E-state index contributed by atoms with van der Waals surface area (Å²) in [5.74, 6) is 0.566. The molecule has 0 N–H and O–H groups in total. The quantitative estimate of drug-likeness (QED) is 0.465. The number of carbonyl (C=O) groups is 1. The first kappa shape index (κ1) is 25.1. The Kier molecular flexibility index (Phi) is 7.66. The van der Waals surface area contributed by atoms with Gasteiger partial charge in [0, 0.05) is 25.2 Å². The zero-order valence-electron chi connectivity index (χ0n) is 20.4. The van der Waals surface area contributed by atoms with Crippen LogP contribution in [0.2, 0.25) is 0 Å². The number of amides is 1. The van der Waals surface area contributed by atoms with Gasteiger partial charge in [-0.15, -0.1) is 0 Å². The van der Waals surface area contributed by atoms with Crippen molar-refractivity contribution in [3.63, 3.8) is 0 Å². The average molecular weight is 497 g/mol. The van der Waals surface area contributed by atoms with Crippen LogP contribution in [0.15, 0.2) is 64.0 Å². The van der Waals surface area contributed by atoms with Crippen LogP contribution in [0.25, 0.3) is 11.4 Å². The Morgan fingerprint density at radius 2 is 1.86 bits per heavy atom. The summed E-state index contributed by atoms with van der Waals surface area (Å²) >= 11 is 0. The lowest BCUT2D eigenvalue weighted by molar-refractivity contribution is -0.138. The highest BCUT2D eigenvalue weighted by atomic mass is 32.2. The van der Waals surface area contributed by atoms with Crippen molar-refractivity contribution in [3.8, 4) is 11.4 Å². The van der Waals surface area contributed by atoms with Gasteiger partial charge in [0.2, 0.25) is 27.6 Å². The zero-order chi connectivity index (χ0) is 25.0. The van der Waals surface area contributed by atoms with E-state index in [2.05, 4.69) is 10.1 Å². The SMILES string of the molecule is Cc1ccc(S(=O)(=O)N2CCCC(C(=O)N(Cc3nc(-c4ccccc4)no3)CC(C)C)C2)cc1. The summed E-state index contributed by atoms with van der Waals surface area (Å²) in [6.07, 6.45) is 1.28. The Morgan fingerprint density at radius 3 is 2.54 bits per heavy atom. The van der Waals surface area contributed by atoms with Gasteiger partial charge in [0.05, 0.1) is 10.8 Å². The molecular weight excluding hydrogens is 464 g/mol. The molecule has 8 nitrogen and oxygen atoms in total. The van der Waals surface area contributed by atoms with Gasteiger partial charge >= 0.3 is 0 Å². The van der Waals surface area contributed by atoms with Gasteiger partial charge in [0.15, 0.2) is 0 Å². The maximum atomic E-state index is 13.6. The molecule has 1 atom stereocenters. The van der Waals surface area contributed by atoms with Gasteiger partial charge in [-0.05, 0) is 37.8 Å². The number of aromatic nitrogens is 2. The van der Waals surface area contributed by atoms with Gasteiger partial charge in [0.1, 0.15) is 6.54 Å². The van der Waals surface area contributed by atoms with Crippen LogP contribution in [-0.4, -0.2) is 53.3 Å². The van der Waals surface area contributed by atoms with E-state index in [1.54, 1.807) is 29.2 Å². The van der Waals surface area contributed by atoms with E-state index < -0.39 is 15.9 Å². The van der Waals surface area contributed by atoms with Crippen molar-refractivity contribution in [2.45, 2.75) is 45.1 Å². The van der Waals surface area contributed by atoms with E-state index in [1.807, 2.05) is 51.1 Å². The number of aryl methyl sites for hydroxylation is 1. The summed E-state index contributed by atoms with van der Waals surface area (Å²) in [7, 11) is -3.66. The van der Waals surface area contributed by atoms with Gasteiger partial charge < -0.3 is 9.42 Å². The number of carbonyl (C=O) groups excluding carboxylic acids is 1. The smallest absolute Gasteiger partial charge is 0.246 e. The second-order valence-corrected chi connectivity index (χ2v) is 11.4. The van der Waals surface area contributed by atoms with Gasteiger partial charge in [-0.25, -0.2) is 8.42 Å². The van der Waals surface area contributed by atoms with Gasteiger partial charge in [-0.3, -0.25) is 4.79 Å². The van der Waals surface area contributed by atoms with Crippen molar-refractivity contribution >= 4 is 15.9 Å². The molecule has 0 aliphatic carbocycles. The fourth-order valence-corrected chi connectivity index (χ4v) is 5.86. The number of nitrogens with zero attached hydrogens (tertiary/aromatic N) is 4. The normalized spacial score (nSPS) is 17.0. The topological polar surface area (TPSA) is 96.6 Å². The zero-order valence-corrected chi connectivity index (χ0v) is 21.2. The fraction of sp³-hybridized carbons (Fsp3) is 0.423. The molecule has 0 saturated carbocycles. The van der Waals surface area contributed by atoms with Crippen LogP contribution in [0.3, 0.4) is 0 Å². The van der Waals surface area contributed by atoms with E-state index in [1.165, 1.54) is 4.31 Å². The molecule has 186 valence electrons. The maximum absolute atomic E-state index is 13.6. The first-order valence-corrected chi connectivity index (χ1v) is 13.4. The largest absolute Gasteiger partial charge is 0.337 e. The van der Waals surface area contributed by atoms with E-state index in [0.29, 0.717) is 37.6 Å². The van der Waals surface area contributed by atoms with Crippen molar-refractivity contribution in [1.82, 2.24) is 19.3 Å². The molecule has 2 heterocycles. The molecule has 4 rings (SSSR count). The van der Waals surface area contributed by atoms with Crippen molar-refractivity contribution in [1.29, 1.82) is 0 Å². The van der Waals surface area contributed by atoms with E-state index in [4.69, 9.17) is 4.52 Å². The van der Waals surface area contributed by atoms with Gasteiger partial charge in [-0.2, -0.15) is 9.29 Å². The third-order valence-electron chi connectivity index (χ3n) is 6.12. The molecule has 1 fully saturated rings. The first-order chi connectivity index (χ1) is 16.7. The van der Waals surface area contributed by atoms with Gasteiger partial charge in [-0.1, -0.05) is 67.0 Å². The lowest BCUT2D eigenvalue weighted by Crippen LogP contribution is -2.47.